The number of fused-ring (bicyclic) bond motifs is 1. The normalized spacial score (nSPS) is 30.3. The number of allylic oxidation sites excluding steroid dienone is 1. The van der Waals surface area contributed by atoms with Gasteiger partial charge in [0.15, 0.2) is 5.82 Å². The lowest BCUT2D eigenvalue weighted by molar-refractivity contribution is 0.249. The van der Waals surface area contributed by atoms with Crippen molar-refractivity contribution < 1.29 is 9.13 Å². The van der Waals surface area contributed by atoms with Gasteiger partial charge in [0.25, 0.3) is 0 Å². The zero-order chi connectivity index (χ0) is 20.5. The van der Waals surface area contributed by atoms with Crippen LogP contribution in [0.1, 0.15) is 44.2 Å². The molecule has 0 radical (unpaired) electrons. The van der Waals surface area contributed by atoms with Crippen LogP contribution < -0.4 is 26.0 Å². The van der Waals surface area contributed by atoms with Gasteiger partial charge in [0, 0.05) is 30.6 Å². The molecular weight excluding hydrogens is 369 g/mol. The molecular formula is C22H34FN5O. The number of nitrogens with zero attached hydrogens (tertiary/aromatic N) is 1. The third-order valence-corrected chi connectivity index (χ3v) is 6.50. The van der Waals surface area contributed by atoms with Crippen LogP contribution in [0.3, 0.4) is 0 Å². The van der Waals surface area contributed by atoms with Gasteiger partial charge >= 0.3 is 0 Å². The molecule has 1 aromatic rings. The summed E-state index contributed by atoms with van der Waals surface area (Å²) in [4.78, 5) is 2.31. The zero-order valence-electron chi connectivity index (χ0n) is 17.9. The Hall–Kier alpha value is -1.67. The molecule has 1 saturated heterocycles. The quantitative estimate of drug-likeness (QED) is 0.620. The molecule has 7 heteroatoms. The summed E-state index contributed by atoms with van der Waals surface area (Å²) >= 11 is 0. The summed E-state index contributed by atoms with van der Waals surface area (Å²) in [6.07, 6.45) is 5.82. The maximum absolute atomic E-state index is 15.8. The molecule has 1 aromatic carbocycles. The van der Waals surface area contributed by atoms with E-state index in [2.05, 4.69) is 53.1 Å². The van der Waals surface area contributed by atoms with Crippen molar-refractivity contribution in [1.29, 1.82) is 0 Å². The zero-order valence-corrected chi connectivity index (χ0v) is 17.9. The Morgan fingerprint density at radius 2 is 2.07 bits per heavy atom. The molecule has 6 nitrogen and oxygen atoms in total. The van der Waals surface area contributed by atoms with Crippen LogP contribution in [0.5, 0.6) is 5.75 Å². The molecule has 4 N–H and O–H groups in total. The Balaban J connectivity index is 1.65. The summed E-state index contributed by atoms with van der Waals surface area (Å²) in [6, 6.07) is 2.73. The molecule has 160 valence electrons. The fraction of sp³-hybridized carbons (Fsp3) is 0.636. The van der Waals surface area contributed by atoms with Crippen LogP contribution in [0.4, 0.5) is 10.1 Å². The monoisotopic (exact) mass is 403 g/mol. The average Bonchev–Trinajstić information content (AvgIpc) is 3.09. The third-order valence-electron chi connectivity index (χ3n) is 6.50. The van der Waals surface area contributed by atoms with E-state index in [0.717, 1.165) is 49.1 Å². The van der Waals surface area contributed by atoms with E-state index < -0.39 is 0 Å². The van der Waals surface area contributed by atoms with E-state index >= 15 is 4.39 Å². The van der Waals surface area contributed by atoms with Gasteiger partial charge in [-0.2, -0.15) is 0 Å². The van der Waals surface area contributed by atoms with Gasteiger partial charge in [0.2, 0.25) is 0 Å². The Morgan fingerprint density at radius 3 is 2.86 bits per heavy atom. The average molecular weight is 404 g/mol. The third kappa shape index (κ3) is 4.28. The minimum Gasteiger partial charge on any atom is -0.492 e. The highest BCUT2D eigenvalue weighted by atomic mass is 19.1. The Morgan fingerprint density at radius 1 is 1.24 bits per heavy atom. The van der Waals surface area contributed by atoms with E-state index in [-0.39, 0.29) is 18.3 Å². The highest BCUT2D eigenvalue weighted by Crippen LogP contribution is 2.42. The molecule has 0 aromatic heterocycles. The molecule has 3 aliphatic rings. The number of anilines is 1. The highest BCUT2D eigenvalue weighted by Gasteiger charge is 2.29. The van der Waals surface area contributed by atoms with Gasteiger partial charge < -0.3 is 20.3 Å². The van der Waals surface area contributed by atoms with Crippen LogP contribution in [0.2, 0.25) is 0 Å². The van der Waals surface area contributed by atoms with Crippen LogP contribution in [-0.2, 0) is 6.42 Å². The molecule has 29 heavy (non-hydrogen) atoms. The van der Waals surface area contributed by atoms with E-state index in [1.807, 2.05) is 13.1 Å². The summed E-state index contributed by atoms with van der Waals surface area (Å²) in [6.45, 7) is 5.82. The topological polar surface area (TPSA) is 60.6 Å². The van der Waals surface area contributed by atoms with Gasteiger partial charge in [0.1, 0.15) is 12.0 Å². The lowest BCUT2D eigenvalue weighted by Gasteiger charge is -2.37. The lowest BCUT2D eigenvalue weighted by Crippen LogP contribution is -2.63. The molecule has 0 saturated carbocycles. The van der Waals surface area contributed by atoms with E-state index in [1.54, 1.807) is 0 Å². The number of hydrogen-bond acceptors (Lipinski definition) is 6. The summed E-state index contributed by atoms with van der Waals surface area (Å²) in [7, 11) is 4.06. The minimum absolute atomic E-state index is 0.186. The first-order valence-corrected chi connectivity index (χ1v) is 10.8. The SMILES string of the molecule is CNC1CC(C)NC(Nc2cc3c(c(C4=CCN(C)C(C)CC4)c2F)OCC3)N1. The standard InChI is InChI=1S/C22H34FN5O/c1-13-11-18(24-3)27-22(25-13)26-17-12-16-8-10-29-21(16)19(20(17)23)15-6-5-14(2)28(4)9-7-15/h7,12-14,18,22,24-27H,5-6,8-11H2,1-4H3. The predicted molar refractivity (Wildman–Crippen MR) is 116 cm³/mol. The van der Waals surface area contributed by atoms with Gasteiger partial charge in [-0.3, -0.25) is 10.6 Å². The van der Waals surface area contributed by atoms with Crippen molar-refractivity contribution >= 4 is 11.3 Å². The Kier molecular flexibility index (Phi) is 6.11. The van der Waals surface area contributed by atoms with Gasteiger partial charge in [-0.25, -0.2) is 4.39 Å². The molecule has 4 rings (SSSR count). The molecule has 0 amide bonds. The first kappa shape index (κ1) is 20.6. The molecule has 0 aliphatic carbocycles. The molecule has 0 bridgehead atoms. The van der Waals surface area contributed by atoms with Crippen molar-refractivity contribution in [3.05, 3.63) is 29.1 Å². The van der Waals surface area contributed by atoms with Crippen LogP contribution in [0.25, 0.3) is 5.57 Å². The van der Waals surface area contributed by atoms with E-state index in [0.29, 0.717) is 29.9 Å². The molecule has 1 fully saturated rings. The fourth-order valence-electron chi connectivity index (χ4n) is 4.51. The second kappa shape index (κ2) is 8.60. The number of likely N-dealkylation sites (N-methyl/N-ethyl adjacent to an activating group) is 1. The maximum Gasteiger partial charge on any atom is 0.157 e. The van der Waals surface area contributed by atoms with E-state index in [4.69, 9.17) is 4.74 Å². The maximum atomic E-state index is 15.8. The van der Waals surface area contributed by atoms with Gasteiger partial charge in [-0.05, 0) is 58.8 Å². The molecule has 0 spiro atoms. The van der Waals surface area contributed by atoms with Crippen molar-refractivity contribution in [3.63, 3.8) is 0 Å². The highest BCUT2D eigenvalue weighted by molar-refractivity contribution is 5.77. The fourth-order valence-corrected chi connectivity index (χ4v) is 4.51. The number of halogens is 1. The molecule has 4 atom stereocenters. The second-order valence-electron chi connectivity index (χ2n) is 8.65. The number of ether oxygens (including phenoxy) is 1. The summed E-state index contributed by atoms with van der Waals surface area (Å²) in [5, 5.41) is 13.5. The number of benzene rings is 1. The smallest absolute Gasteiger partial charge is 0.157 e. The molecule has 3 aliphatic heterocycles. The van der Waals surface area contributed by atoms with Crippen molar-refractivity contribution in [3.8, 4) is 5.75 Å². The van der Waals surface area contributed by atoms with Crippen LogP contribution in [0, 0.1) is 5.82 Å². The van der Waals surface area contributed by atoms with E-state index in [9.17, 15) is 0 Å². The molecule has 3 heterocycles. The Labute approximate surface area is 173 Å². The number of rotatable bonds is 4. The van der Waals surface area contributed by atoms with Crippen LogP contribution in [-0.4, -0.2) is 56.7 Å². The van der Waals surface area contributed by atoms with Crippen molar-refractivity contribution in [2.75, 3.05) is 32.6 Å². The van der Waals surface area contributed by atoms with Crippen LogP contribution >= 0.6 is 0 Å². The Bertz CT molecular complexity index is 783. The van der Waals surface area contributed by atoms with Crippen LogP contribution in [0.15, 0.2) is 12.1 Å². The van der Waals surface area contributed by atoms with Gasteiger partial charge in [0.05, 0.1) is 24.0 Å². The van der Waals surface area contributed by atoms with Gasteiger partial charge in [-0.1, -0.05) is 6.08 Å². The largest absolute Gasteiger partial charge is 0.492 e. The summed E-state index contributed by atoms with van der Waals surface area (Å²) in [5.74, 6) is 0.527. The second-order valence-corrected chi connectivity index (χ2v) is 8.65. The summed E-state index contributed by atoms with van der Waals surface area (Å²) in [5.41, 5.74) is 3.33. The van der Waals surface area contributed by atoms with E-state index in [1.165, 1.54) is 0 Å². The van der Waals surface area contributed by atoms with Crippen molar-refractivity contribution in [2.45, 2.75) is 64.1 Å². The summed E-state index contributed by atoms with van der Waals surface area (Å²) < 4.78 is 21.7. The first-order chi connectivity index (χ1) is 14.0. The lowest BCUT2D eigenvalue weighted by atomic mass is 9.95. The molecule has 4 unspecified atom stereocenters. The van der Waals surface area contributed by atoms with Crippen molar-refractivity contribution in [1.82, 2.24) is 20.9 Å². The number of nitrogens with one attached hydrogen (secondary N) is 4. The minimum atomic E-state index is -0.211. The van der Waals surface area contributed by atoms with Gasteiger partial charge in [-0.15, -0.1) is 0 Å². The predicted octanol–water partition coefficient (Wildman–Crippen LogP) is 2.47. The first-order valence-electron chi connectivity index (χ1n) is 10.8. The van der Waals surface area contributed by atoms with Crippen molar-refractivity contribution in [2.24, 2.45) is 0 Å². The number of hydrogen-bond donors (Lipinski definition) is 4.